The first kappa shape index (κ1) is 24.5. The molecule has 0 radical (unpaired) electrons. The van der Waals surface area contributed by atoms with E-state index in [2.05, 4.69) is 5.32 Å². The van der Waals surface area contributed by atoms with Gasteiger partial charge in [0.15, 0.2) is 11.5 Å². The van der Waals surface area contributed by atoms with E-state index in [1.807, 2.05) is 0 Å². The van der Waals surface area contributed by atoms with E-state index in [0.717, 1.165) is 11.8 Å². The molecule has 4 nitrogen and oxygen atoms in total. The molecule has 1 amide bonds. The second-order valence-corrected chi connectivity index (χ2v) is 9.54. The van der Waals surface area contributed by atoms with Crippen molar-refractivity contribution in [1.82, 2.24) is 5.32 Å². The van der Waals surface area contributed by atoms with Gasteiger partial charge in [-0.2, -0.15) is 0 Å². The average molecular weight is 538 g/mol. The fraction of sp³-hybridized carbons (Fsp3) is 0.0833. The van der Waals surface area contributed by atoms with Crippen LogP contribution in [0.4, 0.5) is 8.78 Å². The molecule has 0 saturated carbocycles. The first-order valence-corrected chi connectivity index (χ1v) is 11.8. The average Bonchev–Trinajstić information content (AvgIpc) is 3.10. The van der Waals surface area contributed by atoms with Crippen LogP contribution in [0.5, 0.6) is 11.5 Å². The van der Waals surface area contributed by atoms with Crippen LogP contribution in [0.3, 0.4) is 0 Å². The Morgan fingerprint density at radius 1 is 0.912 bits per heavy atom. The Morgan fingerprint density at radius 2 is 1.50 bits per heavy atom. The molecule has 0 spiro atoms. The lowest BCUT2D eigenvalue weighted by atomic mass is 10.1. The number of thiocarbonyl (C=S) groups is 1. The Morgan fingerprint density at radius 3 is 2.06 bits per heavy atom. The van der Waals surface area contributed by atoms with Crippen LogP contribution >= 0.6 is 47.2 Å². The molecule has 1 heterocycles. The van der Waals surface area contributed by atoms with E-state index in [9.17, 15) is 13.6 Å². The summed E-state index contributed by atoms with van der Waals surface area (Å²) in [6.07, 6.45) is 1.58. The van der Waals surface area contributed by atoms with Crippen molar-refractivity contribution in [2.45, 2.75) is 13.2 Å². The van der Waals surface area contributed by atoms with Gasteiger partial charge >= 0.3 is 0 Å². The van der Waals surface area contributed by atoms with Gasteiger partial charge in [0.05, 0.1) is 15.0 Å². The number of para-hydroxylation sites is 1. The summed E-state index contributed by atoms with van der Waals surface area (Å²) in [5, 5.41) is 2.96. The Bertz CT molecular complexity index is 1280. The largest absolute Gasteiger partial charge is 0.485 e. The second kappa shape index (κ2) is 10.7. The number of carbonyl (C=O) groups is 1. The molecule has 34 heavy (non-hydrogen) atoms. The lowest BCUT2D eigenvalue weighted by Crippen LogP contribution is -2.17. The maximum absolute atomic E-state index is 14.3. The number of halogens is 4. The number of carbonyl (C=O) groups excluding carboxylic acids is 1. The normalized spacial score (nSPS) is 14.4. The highest BCUT2D eigenvalue weighted by Gasteiger charge is 2.23. The zero-order valence-corrected chi connectivity index (χ0v) is 20.4. The van der Waals surface area contributed by atoms with Crippen LogP contribution in [0.15, 0.2) is 59.5 Å². The molecule has 0 atom stereocenters. The molecule has 1 aliphatic rings. The van der Waals surface area contributed by atoms with Gasteiger partial charge in [-0.25, -0.2) is 8.78 Å². The molecule has 174 valence electrons. The number of rotatable bonds is 7. The molecule has 4 rings (SSSR count). The third-order valence-corrected chi connectivity index (χ3v) is 6.67. The van der Waals surface area contributed by atoms with Crippen molar-refractivity contribution < 1.29 is 23.0 Å². The summed E-state index contributed by atoms with van der Waals surface area (Å²) < 4.78 is 40.6. The van der Waals surface area contributed by atoms with Gasteiger partial charge in [0.25, 0.3) is 5.91 Å². The standard InChI is InChI=1S/C24H15Cl2F2NO3S2/c25-16-5-2-7-18(27)14(16)11-31-20-9-1-4-13(10-21-23(30)29-24(33)34-21)22(20)32-12-15-17(26)6-3-8-19(15)28/h1-10H,11-12H2,(H,29,30,33). The molecular formula is C24H15Cl2F2NO3S2. The van der Waals surface area contributed by atoms with Crippen LogP contribution in [0.2, 0.25) is 10.0 Å². The zero-order chi connectivity index (χ0) is 24.2. The van der Waals surface area contributed by atoms with Crippen LogP contribution in [-0.2, 0) is 18.0 Å². The maximum Gasteiger partial charge on any atom is 0.263 e. The molecule has 3 aromatic rings. The minimum atomic E-state index is -0.528. The maximum atomic E-state index is 14.3. The molecule has 1 aliphatic heterocycles. The molecule has 1 saturated heterocycles. The molecule has 1 N–H and O–H groups in total. The summed E-state index contributed by atoms with van der Waals surface area (Å²) in [4.78, 5) is 12.5. The van der Waals surface area contributed by atoms with Crippen LogP contribution in [0.25, 0.3) is 6.08 Å². The van der Waals surface area contributed by atoms with Gasteiger partial charge in [-0.15, -0.1) is 0 Å². The molecule has 10 heteroatoms. The second-order valence-electron chi connectivity index (χ2n) is 7.00. The van der Waals surface area contributed by atoms with Gasteiger partial charge in [0.1, 0.15) is 29.2 Å². The van der Waals surface area contributed by atoms with Crippen molar-refractivity contribution in [2.75, 3.05) is 0 Å². The van der Waals surface area contributed by atoms with Crippen molar-refractivity contribution in [3.05, 3.63) is 97.9 Å². The Balaban J connectivity index is 1.69. The third kappa shape index (κ3) is 5.52. The summed E-state index contributed by atoms with van der Waals surface area (Å²) in [6.45, 7) is -0.387. The third-order valence-electron chi connectivity index (χ3n) is 4.79. The number of amides is 1. The Labute approximate surface area is 213 Å². The van der Waals surface area contributed by atoms with Crippen LogP contribution in [0, 0.1) is 11.6 Å². The highest BCUT2D eigenvalue weighted by molar-refractivity contribution is 8.26. The smallest absolute Gasteiger partial charge is 0.263 e. The lowest BCUT2D eigenvalue weighted by molar-refractivity contribution is -0.115. The summed E-state index contributed by atoms with van der Waals surface area (Å²) in [7, 11) is 0. The predicted molar refractivity (Wildman–Crippen MR) is 134 cm³/mol. The van der Waals surface area contributed by atoms with Crippen molar-refractivity contribution in [3.8, 4) is 11.5 Å². The van der Waals surface area contributed by atoms with Crippen LogP contribution in [-0.4, -0.2) is 10.2 Å². The number of thioether (sulfide) groups is 1. The highest BCUT2D eigenvalue weighted by atomic mass is 35.5. The summed E-state index contributed by atoms with van der Waals surface area (Å²) in [5.41, 5.74) is 0.808. The van der Waals surface area contributed by atoms with Gasteiger partial charge in [0, 0.05) is 16.7 Å². The monoisotopic (exact) mass is 537 g/mol. The van der Waals surface area contributed by atoms with Crippen molar-refractivity contribution in [3.63, 3.8) is 0 Å². The van der Waals surface area contributed by atoms with Crippen molar-refractivity contribution >= 4 is 63.5 Å². The quantitative estimate of drug-likeness (QED) is 0.262. The number of hydrogen-bond acceptors (Lipinski definition) is 5. The predicted octanol–water partition coefficient (Wildman–Crippen LogP) is 6.92. The molecule has 1 fully saturated rings. The first-order valence-electron chi connectivity index (χ1n) is 9.82. The summed E-state index contributed by atoms with van der Waals surface area (Å²) >= 11 is 18.4. The number of benzene rings is 3. The molecule has 0 bridgehead atoms. The van der Waals surface area contributed by atoms with Crippen LogP contribution < -0.4 is 14.8 Å². The number of ether oxygens (including phenoxy) is 2. The zero-order valence-electron chi connectivity index (χ0n) is 17.2. The van der Waals surface area contributed by atoms with Crippen molar-refractivity contribution in [2.24, 2.45) is 0 Å². The Kier molecular flexibility index (Phi) is 7.73. The fourth-order valence-corrected chi connectivity index (χ4v) is 4.58. The lowest BCUT2D eigenvalue weighted by Gasteiger charge is -2.17. The molecule has 0 unspecified atom stereocenters. The SMILES string of the molecule is O=C1NC(=S)SC1=Cc1cccc(OCc2c(F)cccc2Cl)c1OCc1c(F)cccc1Cl. The van der Waals surface area contributed by atoms with Gasteiger partial charge in [-0.05, 0) is 36.4 Å². The van der Waals surface area contributed by atoms with Gasteiger partial charge in [0.2, 0.25) is 0 Å². The highest BCUT2D eigenvalue weighted by Crippen LogP contribution is 2.37. The van der Waals surface area contributed by atoms with E-state index in [4.69, 9.17) is 44.9 Å². The van der Waals surface area contributed by atoms with Gasteiger partial charge < -0.3 is 14.8 Å². The minimum absolute atomic E-state index is 0.156. The van der Waals surface area contributed by atoms with Gasteiger partial charge in [-0.3, -0.25) is 4.79 Å². The summed E-state index contributed by atoms with van der Waals surface area (Å²) in [5.74, 6) is -0.929. The van der Waals surface area contributed by atoms with E-state index in [-0.39, 0.29) is 51.8 Å². The van der Waals surface area contributed by atoms with E-state index < -0.39 is 11.6 Å². The van der Waals surface area contributed by atoms with Gasteiger partial charge in [-0.1, -0.05) is 71.4 Å². The molecule has 3 aromatic carbocycles. The minimum Gasteiger partial charge on any atom is -0.485 e. The van der Waals surface area contributed by atoms with E-state index >= 15 is 0 Å². The van der Waals surface area contributed by atoms with E-state index in [0.29, 0.717) is 14.8 Å². The first-order chi connectivity index (χ1) is 16.3. The van der Waals surface area contributed by atoms with E-state index in [1.54, 1.807) is 36.4 Å². The molecule has 0 aromatic heterocycles. The number of hydrogen-bond donors (Lipinski definition) is 1. The molecular weight excluding hydrogens is 523 g/mol. The summed E-state index contributed by atoms with van der Waals surface area (Å²) in [6, 6.07) is 13.6. The molecule has 0 aliphatic carbocycles. The number of nitrogens with one attached hydrogen (secondary N) is 1. The fourth-order valence-electron chi connectivity index (χ4n) is 3.11. The van der Waals surface area contributed by atoms with Crippen molar-refractivity contribution in [1.29, 1.82) is 0 Å². The van der Waals surface area contributed by atoms with Crippen LogP contribution in [0.1, 0.15) is 16.7 Å². The topological polar surface area (TPSA) is 47.6 Å². The van der Waals surface area contributed by atoms with E-state index in [1.165, 1.54) is 24.3 Å². The Hall–Kier alpha value is -2.65.